The molecule has 1 aromatic heterocycles. The van der Waals surface area contributed by atoms with Crippen molar-refractivity contribution in [3.8, 4) is 0 Å². The van der Waals surface area contributed by atoms with Crippen LogP contribution < -0.4 is 10.6 Å². The Morgan fingerprint density at radius 2 is 1.95 bits per heavy atom. The molecule has 0 atom stereocenters. The van der Waals surface area contributed by atoms with Gasteiger partial charge in [0.25, 0.3) is 0 Å². The summed E-state index contributed by atoms with van der Waals surface area (Å²) in [5.74, 6) is 0.550. The maximum absolute atomic E-state index is 12.8. The van der Waals surface area contributed by atoms with Gasteiger partial charge in [-0.3, -0.25) is 9.67 Å². The molecule has 22 heavy (non-hydrogen) atoms. The monoisotopic (exact) mass is 303 g/mol. The third-order valence-electron chi connectivity index (χ3n) is 3.24. The van der Waals surface area contributed by atoms with Crippen molar-refractivity contribution in [2.45, 2.75) is 19.9 Å². The minimum absolute atomic E-state index is 0.206. The molecule has 1 heterocycles. The number of benzene rings is 1. The molecule has 0 radical (unpaired) electrons. The van der Waals surface area contributed by atoms with Gasteiger partial charge in [0.05, 0.1) is 12.7 Å². The fourth-order valence-electron chi connectivity index (χ4n) is 2.08. The van der Waals surface area contributed by atoms with Crippen molar-refractivity contribution in [2.75, 3.05) is 20.1 Å². The van der Waals surface area contributed by atoms with E-state index in [9.17, 15) is 4.39 Å². The SMILES string of the molecule is CN=C(NCCc1ccc(F)cc1)NCCn1cc(C)cn1. The van der Waals surface area contributed by atoms with Gasteiger partial charge in [-0.1, -0.05) is 12.1 Å². The second kappa shape index (κ2) is 8.17. The van der Waals surface area contributed by atoms with Crippen molar-refractivity contribution < 1.29 is 4.39 Å². The van der Waals surface area contributed by atoms with Gasteiger partial charge in [-0.05, 0) is 36.6 Å². The molecule has 2 aromatic rings. The lowest BCUT2D eigenvalue weighted by molar-refractivity contribution is 0.597. The van der Waals surface area contributed by atoms with Crippen molar-refractivity contribution >= 4 is 5.96 Å². The van der Waals surface area contributed by atoms with Gasteiger partial charge in [0.1, 0.15) is 5.82 Å². The molecule has 118 valence electrons. The second-order valence-corrected chi connectivity index (χ2v) is 5.08. The summed E-state index contributed by atoms with van der Waals surface area (Å²) < 4.78 is 14.7. The number of nitrogens with one attached hydrogen (secondary N) is 2. The molecule has 0 fully saturated rings. The summed E-state index contributed by atoms with van der Waals surface area (Å²) in [6, 6.07) is 6.56. The summed E-state index contributed by atoms with van der Waals surface area (Å²) in [4.78, 5) is 4.17. The molecule has 0 aliphatic rings. The highest BCUT2D eigenvalue weighted by atomic mass is 19.1. The zero-order valence-corrected chi connectivity index (χ0v) is 13.0. The normalized spacial score (nSPS) is 11.5. The molecule has 2 rings (SSSR count). The lowest BCUT2D eigenvalue weighted by atomic mass is 10.1. The van der Waals surface area contributed by atoms with Gasteiger partial charge >= 0.3 is 0 Å². The minimum atomic E-state index is -0.206. The van der Waals surface area contributed by atoms with Crippen LogP contribution in [0.3, 0.4) is 0 Å². The zero-order valence-electron chi connectivity index (χ0n) is 13.0. The second-order valence-electron chi connectivity index (χ2n) is 5.08. The fourth-order valence-corrected chi connectivity index (χ4v) is 2.08. The minimum Gasteiger partial charge on any atom is -0.356 e. The van der Waals surface area contributed by atoms with Crippen molar-refractivity contribution in [1.82, 2.24) is 20.4 Å². The number of aryl methyl sites for hydroxylation is 1. The summed E-state index contributed by atoms with van der Waals surface area (Å²) in [6.07, 6.45) is 4.67. The van der Waals surface area contributed by atoms with Crippen LogP contribution in [0.4, 0.5) is 4.39 Å². The first-order valence-corrected chi connectivity index (χ1v) is 7.35. The number of guanidine groups is 1. The molecule has 0 saturated heterocycles. The van der Waals surface area contributed by atoms with Gasteiger partial charge in [-0.2, -0.15) is 5.10 Å². The molecular formula is C16H22FN5. The van der Waals surface area contributed by atoms with Gasteiger partial charge in [0, 0.05) is 26.3 Å². The Labute approximate surface area is 130 Å². The lowest BCUT2D eigenvalue weighted by Crippen LogP contribution is -2.39. The van der Waals surface area contributed by atoms with Crippen molar-refractivity contribution in [1.29, 1.82) is 0 Å². The van der Waals surface area contributed by atoms with E-state index >= 15 is 0 Å². The van der Waals surface area contributed by atoms with E-state index in [1.54, 1.807) is 19.2 Å². The highest BCUT2D eigenvalue weighted by Gasteiger charge is 1.99. The largest absolute Gasteiger partial charge is 0.356 e. The zero-order chi connectivity index (χ0) is 15.8. The van der Waals surface area contributed by atoms with Crippen LogP contribution in [0.2, 0.25) is 0 Å². The van der Waals surface area contributed by atoms with Crippen molar-refractivity contribution in [3.05, 3.63) is 53.6 Å². The Bertz CT molecular complexity index is 603. The first-order valence-electron chi connectivity index (χ1n) is 7.35. The Morgan fingerprint density at radius 3 is 2.59 bits per heavy atom. The van der Waals surface area contributed by atoms with Gasteiger partial charge in [-0.15, -0.1) is 0 Å². The van der Waals surface area contributed by atoms with Crippen LogP contribution in [0.5, 0.6) is 0 Å². The highest BCUT2D eigenvalue weighted by Crippen LogP contribution is 2.02. The summed E-state index contributed by atoms with van der Waals surface area (Å²) in [7, 11) is 1.74. The molecular weight excluding hydrogens is 281 g/mol. The third kappa shape index (κ3) is 5.20. The molecule has 0 saturated carbocycles. The number of rotatable bonds is 6. The number of hydrogen-bond acceptors (Lipinski definition) is 2. The summed E-state index contributed by atoms with van der Waals surface area (Å²) in [5.41, 5.74) is 2.25. The van der Waals surface area contributed by atoms with Gasteiger partial charge in [0.15, 0.2) is 5.96 Å². The van der Waals surface area contributed by atoms with Crippen LogP contribution in [0, 0.1) is 12.7 Å². The smallest absolute Gasteiger partial charge is 0.191 e. The first-order chi connectivity index (χ1) is 10.7. The van der Waals surface area contributed by atoms with E-state index in [1.165, 1.54) is 12.1 Å². The number of hydrogen-bond donors (Lipinski definition) is 2. The van der Waals surface area contributed by atoms with Gasteiger partial charge in [0.2, 0.25) is 0 Å². The van der Waals surface area contributed by atoms with E-state index < -0.39 is 0 Å². The molecule has 0 amide bonds. The predicted octanol–water partition coefficient (Wildman–Crippen LogP) is 1.74. The molecule has 0 unspecified atom stereocenters. The molecule has 0 aliphatic heterocycles. The van der Waals surface area contributed by atoms with Gasteiger partial charge in [-0.25, -0.2) is 4.39 Å². The van der Waals surface area contributed by atoms with E-state index in [2.05, 4.69) is 20.7 Å². The van der Waals surface area contributed by atoms with E-state index in [4.69, 9.17) is 0 Å². The summed E-state index contributed by atoms with van der Waals surface area (Å²) in [6.45, 7) is 4.29. The highest BCUT2D eigenvalue weighted by molar-refractivity contribution is 5.79. The number of aliphatic imine (C=N–C) groups is 1. The van der Waals surface area contributed by atoms with Crippen LogP contribution in [-0.2, 0) is 13.0 Å². The van der Waals surface area contributed by atoms with Crippen LogP contribution in [0.1, 0.15) is 11.1 Å². The standard InChI is InChI=1S/C16H22FN5/c1-13-11-21-22(12-13)10-9-20-16(18-2)19-8-7-14-3-5-15(17)6-4-14/h3-6,11-12H,7-10H2,1-2H3,(H2,18,19,20). The summed E-state index contributed by atoms with van der Waals surface area (Å²) >= 11 is 0. The molecule has 0 spiro atoms. The Morgan fingerprint density at radius 1 is 1.23 bits per heavy atom. The molecule has 1 aromatic carbocycles. The topological polar surface area (TPSA) is 54.2 Å². The van der Waals surface area contributed by atoms with E-state index in [-0.39, 0.29) is 5.82 Å². The van der Waals surface area contributed by atoms with Crippen LogP contribution in [-0.4, -0.2) is 35.9 Å². The van der Waals surface area contributed by atoms with Crippen molar-refractivity contribution in [3.63, 3.8) is 0 Å². The van der Waals surface area contributed by atoms with Crippen LogP contribution in [0.15, 0.2) is 41.7 Å². The molecule has 5 nitrogen and oxygen atoms in total. The van der Waals surface area contributed by atoms with E-state index in [1.807, 2.05) is 24.0 Å². The number of nitrogens with zero attached hydrogens (tertiary/aromatic N) is 3. The maximum atomic E-state index is 12.8. The lowest BCUT2D eigenvalue weighted by Gasteiger charge is -2.12. The fraction of sp³-hybridized carbons (Fsp3) is 0.375. The summed E-state index contributed by atoms with van der Waals surface area (Å²) in [5, 5.41) is 10.7. The third-order valence-corrected chi connectivity index (χ3v) is 3.24. The first kappa shape index (κ1) is 16.0. The van der Waals surface area contributed by atoms with Gasteiger partial charge < -0.3 is 10.6 Å². The van der Waals surface area contributed by atoms with Crippen LogP contribution >= 0.6 is 0 Å². The Hall–Kier alpha value is -2.37. The van der Waals surface area contributed by atoms with Crippen LogP contribution in [0.25, 0.3) is 0 Å². The number of aromatic nitrogens is 2. The number of halogens is 1. The molecule has 6 heteroatoms. The maximum Gasteiger partial charge on any atom is 0.191 e. The molecule has 0 aliphatic carbocycles. The van der Waals surface area contributed by atoms with E-state index in [0.717, 1.165) is 43.1 Å². The molecule has 2 N–H and O–H groups in total. The Balaban J connectivity index is 1.67. The molecule has 0 bridgehead atoms. The quantitative estimate of drug-likeness (QED) is 0.631. The van der Waals surface area contributed by atoms with Crippen molar-refractivity contribution in [2.24, 2.45) is 4.99 Å². The van der Waals surface area contributed by atoms with E-state index in [0.29, 0.717) is 0 Å². The predicted molar refractivity (Wildman–Crippen MR) is 86.4 cm³/mol. The Kier molecular flexibility index (Phi) is 5.94. The average Bonchev–Trinajstić information content (AvgIpc) is 2.93. The average molecular weight is 303 g/mol.